The maximum Gasteiger partial charge on any atom is 0.495 e. The van der Waals surface area contributed by atoms with Crippen LogP contribution in [0.15, 0.2) is 18.3 Å². The molecule has 3 heterocycles. The third-order valence-electron chi connectivity index (χ3n) is 5.96. The van der Waals surface area contributed by atoms with E-state index in [1.165, 1.54) is 0 Å². The molecule has 1 aromatic rings. The lowest BCUT2D eigenvalue weighted by atomic mass is 9.80. The smallest absolute Gasteiger partial charge is 0.477 e. The molecule has 0 unspecified atom stereocenters. The van der Waals surface area contributed by atoms with Gasteiger partial charge in [-0.3, -0.25) is 0 Å². The third-order valence-corrected chi connectivity index (χ3v) is 5.96. The van der Waals surface area contributed by atoms with Crippen molar-refractivity contribution in [2.75, 3.05) is 19.7 Å². The molecule has 3 rings (SSSR count). The van der Waals surface area contributed by atoms with Crippen molar-refractivity contribution in [3.05, 3.63) is 18.3 Å². The molecule has 0 radical (unpaired) electrons. The van der Waals surface area contributed by atoms with Crippen LogP contribution in [0.5, 0.6) is 5.88 Å². The van der Waals surface area contributed by atoms with Crippen molar-refractivity contribution in [1.82, 2.24) is 9.88 Å². The molecule has 29 heavy (non-hydrogen) atoms. The SMILES string of the molecule is CC(C)OC(=O)N1CCC(COc2cc(B3OC(C)(C)C(C)(C)O3)ccn2)CC1. The second kappa shape index (κ2) is 8.52. The van der Waals surface area contributed by atoms with Gasteiger partial charge in [0.25, 0.3) is 0 Å². The lowest BCUT2D eigenvalue weighted by molar-refractivity contribution is 0.00578. The summed E-state index contributed by atoms with van der Waals surface area (Å²) in [4.78, 5) is 18.1. The summed E-state index contributed by atoms with van der Waals surface area (Å²) >= 11 is 0. The van der Waals surface area contributed by atoms with Crippen molar-refractivity contribution in [3.63, 3.8) is 0 Å². The lowest BCUT2D eigenvalue weighted by Gasteiger charge is -2.32. The summed E-state index contributed by atoms with van der Waals surface area (Å²) in [6.07, 6.45) is 3.19. The molecule has 1 amide bonds. The molecule has 7 nitrogen and oxygen atoms in total. The average molecular weight is 404 g/mol. The minimum atomic E-state index is -0.430. The molecule has 0 aliphatic carbocycles. The maximum absolute atomic E-state index is 12.0. The van der Waals surface area contributed by atoms with E-state index in [1.54, 1.807) is 11.1 Å². The molecule has 2 fully saturated rings. The molecule has 0 saturated carbocycles. The number of hydrogen-bond acceptors (Lipinski definition) is 6. The summed E-state index contributed by atoms with van der Waals surface area (Å²) in [6.45, 7) is 13.8. The fraction of sp³-hybridized carbons (Fsp3) is 0.714. The molecular formula is C21H33BN2O5. The van der Waals surface area contributed by atoms with E-state index in [-0.39, 0.29) is 23.4 Å². The van der Waals surface area contributed by atoms with E-state index in [0.29, 0.717) is 31.5 Å². The van der Waals surface area contributed by atoms with Crippen molar-refractivity contribution in [2.24, 2.45) is 5.92 Å². The highest BCUT2D eigenvalue weighted by Crippen LogP contribution is 2.36. The highest BCUT2D eigenvalue weighted by molar-refractivity contribution is 6.62. The van der Waals surface area contributed by atoms with Gasteiger partial charge in [0.05, 0.1) is 23.9 Å². The Bertz CT molecular complexity index is 701. The first-order chi connectivity index (χ1) is 13.6. The molecule has 1 aromatic heterocycles. The van der Waals surface area contributed by atoms with E-state index in [0.717, 1.165) is 18.3 Å². The molecular weight excluding hydrogens is 371 g/mol. The summed E-state index contributed by atoms with van der Waals surface area (Å²) in [5.74, 6) is 0.958. The monoisotopic (exact) mass is 404 g/mol. The Balaban J connectivity index is 1.50. The summed E-state index contributed by atoms with van der Waals surface area (Å²) in [5, 5.41) is 0. The van der Waals surface area contributed by atoms with Crippen LogP contribution in [0.25, 0.3) is 0 Å². The fourth-order valence-corrected chi connectivity index (χ4v) is 3.39. The van der Waals surface area contributed by atoms with Gasteiger partial charge >= 0.3 is 13.2 Å². The van der Waals surface area contributed by atoms with Crippen molar-refractivity contribution in [1.29, 1.82) is 0 Å². The predicted octanol–water partition coefficient (Wildman–Crippen LogP) is 3.02. The molecule has 0 N–H and O–H groups in total. The van der Waals surface area contributed by atoms with Crippen LogP contribution in [0.1, 0.15) is 54.4 Å². The molecule has 0 bridgehead atoms. The molecule has 2 aliphatic heterocycles. The molecule has 2 saturated heterocycles. The third kappa shape index (κ3) is 5.23. The number of hydrogen-bond donors (Lipinski definition) is 0. The first-order valence-corrected chi connectivity index (χ1v) is 10.5. The van der Waals surface area contributed by atoms with Crippen LogP contribution < -0.4 is 10.2 Å². The van der Waals surface area contributed by atoms with Crippen LogP contribution in [0.3, 0.4) is 0 Å². The molecule has 160 valence electrons. The van der Waals surface area contributed by atoms with Gasteiger partial charge in [0.15, 0.2) is 0 Å². The van der Waals surface area contributed by atoms with Crippen molar-refractivity contribution in [3.8, 4) is 5.88 Å². The number of likely N-dealkylation sites (tertiary alicyclic amines) is 1. The second-order valence-corrected chi connectivity index (χ2v) is 9.19. The van der Waals surface area contributed by atoms with E-state index in [1.807, 2.05) is 53.7 Å². The zero-order valence-corrected chi connectivity index (χ0v) is 18.4. The Labute approximate surface area is 174 Å². The normalized spacial score (nSPS) is 21.5. The van der Waals surface area contributed by atoms with Gasteiger partial charge in [0.2, 0.25) is 5.88 Å². The molecule has 0 aromatic carbocycles. The summed E-state index contributed by atoms with van der Waals surface area (Å²) in [7, 11) is -0.430. The largest absolute Gasteiger partial charge is 0.495 e. The van der Waals surface area contributed by atoms with Crippen molar-refractivity contribution in [2.45, 2.75) is 71.7 Å². The fourth-order valence-electron chi connectivity index (χ4n) is 3.39. The van der Waals surface area contributed by atoms with Crippen LogP contribution in [0.2, 0.25) is 0 Å². The Kier molecular flexibility index (Phi) is 6.43. The van der Waals surface area contributed by atoms with E-state index in [4.69, 9.17) is 18.8 Å². The number of aromatic nitrogens is 1. The van der Waals surface area contributed by atoms with Gasteiger partial charge in [-0.15, -0.1) is 0 Å². The minimum Gasteiger partial charge on any atom is -0.477 e. The number of rotatable bonds is 5. The topological polar surface area (TPSA) is 70.1 Å². The van der Waals surface area contributed by atoms with Crippen LogP contribution in [-0.4, -0.2) is 60.1 Å². The molecule has 0 atom stereocenters. The first-order valence-electron chi connectivity index (χ1n) is 10.5. The zero-order valence-electron chi connectivity index (χ0n) is 18.4. The number of carbonyl (C=O) groups is 1. The highest BCUT2D eigenvalue weighted by atomic mass is 16.7. The second-order valence-electron chi connectivity index (χ2n) is 9.19. The van der Waals surface area contributed by atoms with E-state index < -0.39 is 7.12 Å². The van der Waals surface area contributed by atoms with E-state index in [9.17, 15) is 4.79 Å². The van der Waals surface area contributed by atoms with Crippen LogP contribution in [0, 0.1) is 5.92 Å². The molecule has 0 spiro atoms. The van der Waals surface area contributed by atoms with Crippen LogP contribution >= 0.6 is 0 Å². The number of pyridine rings is 1. The lowest BCUT2D eigenvalue weighted by Crippen LogP contribution is -2.41. The summed E-state index contributed by atoms with van der Waals surface area (Å²) in [6, 6.07) is 3.78. The van der Waals surface area contributed by atoms with Gasteiger partial charge in [-0.1, -0.05) is 0 Å². The number of ether oxygens (including phenoxy) is 2. The average Bonchev–Trinajstić information content (AvgIpc) is 2.87. The van der Waals surface area contributed by atoms with Crippen molar-refractivity contribution < 1.29 is 23.6 Å². The van der Waals surface area contributed by atoms with E-state index in [2.05, 4.69) is 4.98 Å². The number of amides is 1. The van der Waals surface area contributed by atoms with Gasteiger partial charge in [0.1, 0.15) is 0 Å². The molecule has 8 heteroatoms. The minimum absolute atomic E-state index is 0.0918. The Hall–Kier alpha value is -1.80. The summed E-state index contributed by atoms with van der Waals surface area (Å²) < 4.78 is 23.4. The Morgan fingerprint density at radius 1 is 1.24 bits per heavy atom. The standard InChI is InChI=1S/C21H33BN2O5/c1-15(2)27-19(25)24-11-8-16(9-12-24)14-26-18-13-17(7-10-23-18)22-28-20(3,4)21(5,6)29-22/h7,10,13,15-16H,8-9,11-12,14H2,1-6H3. The van der Waals surface area contributed by atoms with Gasteiger partial charge < -0.3 is 23.7 Å². The highest BCUT2D eigenvalue weighted by Gasteiger charge is 2.51. The first kappa shape index (κ1) is 21.9. The van der Waals surface area contributed by atoms with Crippen molar-refractivity contribution >= 4 is 18.7 Å². The van der Waals surface area contributed by atoms with Gasteiger partial charge in [-0.25, -0.2) is 9.78 Å². The predicted molar refractivity (Wildman–Crippen MR) is 111 cm³/mol. The van der Waals surface area contributed by atoms with Gasteiger partial charge in [0, 0.05) is 25.4 Å². The Morgan fingerprint density at radius 3 is 2.45 bits per heavy atom. The maximum atomic E-state index is 12.0. The Morgan fingerprint density at radius 2 is 1.86 bits per heavy atom. The van der Waals surface area contributed by atoms with Gasteiger partial charge in [-0.2, -0.15) is 0 Å². The number of carbonyl (C=O) groups excluding carboxylic acids is 1. The number of piperidine rings is 1. The van der Waals surface area contributed by atoms with Crippen LogP contribution in [0.4, 0.5) is 4.79 Å². The zero-order chi connectivity index (χ0) is 21.2. The summed E-state index contributed by atoms with van der Waals surface area (Å²) in [5.41, 5.74) is 0.138. The van der Waals surface area contributed by atoms with Crippen LogP contribution in [-0.2, 0) is 14.0 Å². The number of nitrogens with zero attached hydrogens (tertiary/aromatic N) is 2. The van der Waals surface area contributed by atoms with Gasteiger partial charge in [-0.05, 0) is 71.8 Å². The van der Waals surface area contributed by atoms with E-state index >= 15 is 0 Å². The quantitative estimate of drug-likeness (QED) is 0.703. The molecule has 2 aliphatic rings.